The minimum atomic E-state index is -0.183. The molecule has 29 heavy (non-hydrogen) atoms. The molecule has 0 radical (unpaired) electrons. The highest BCUT2D eigenvalue weighted by molar-refractivity contribution is 6.05. The summed E-state index contributed by atoms with van der Waals surface area (Å²) in [6.07, 6.45) is 12.7. The zero-order valence-electron chi connectivity index (χ0n) is 18.2. The number of fused-ring (bicyclic) bond motifs is 5. The van der Waals surface area contributed by atoms with Gasteiger partial charge in [-0.05, 0) is 105 Å². The second-order valence-corrected chi connectivity index (χ2v) is 10.8. The lowest BCUT2D eigenvalue weighted by molar-refractivity contribution is -0.141. The largest absolute Gasteiger partial charge is 0.393 e. The van der Waals surface area contributed by atoms with Crippen LogP contribution >= 0.6 is 0 Å². The van der Waals surface area contributed by atoms with Gasteiger partial charge in [0.05, 0.1) is 11.8 Å². The summed E-state index contributed by atoms with van der Waals surface area (Å²) in [5.74, 6) is 2.92. The number of hydrogen-bond acceptors (Lipinski definition) is 3. The maximum atomic E-state index is 13.5. The van der Waals surface area contributed by atoms with Gasteiger partial charge in [-0.3, -0.25) is 9.48 Å². The summed E-state index contributed by atoms with van der Waals surface area (Å²) in [6, 6.07) is 2.02. The van der Waals surface area contributed by atoms with Crippen molar-refractivity contribution in [1.29, 1.82) is 0 Å². The number of ketones is 1. The normalized spacial score (nSPS) is 45.7. The summed E-state index contributed by atoms with van der Waals surface area (Å²) >= 11 is 0. The lowest BCUT2D eigenvalue weighted by Gasteiger charge is -2.59. The Morgan fingerprint density at radius 3 is 2.79 bits per heavy atom. The third kappa shape index (κ3) is 2.89. The quantitative estimate of drug-likeness (QED) is 0.726. The van der Waals surface area contributed by atoms with E-state index in [-0.39, 0.29) is 11.5 Å². The number of Topliss-reactive ketones (excluding diaryl/α,β-unsaturated/α-hetero) is 1. The Hall–Kier alpha value is -1.42. The smallest absolute Gasteiger partial charge is 0.165 e. The van der Waals surface area contributed by atoms with E-state index < -0.39 is 0 Å². The predicted molar refractivity (Wildman–Crippen MR) is 114 cm³/mol. The van der Waals surface area contributed by atoms with Crippen molar-refractivity contribution < 1.29 is 9.90 Å². The average Bonchev–Trinajstić information content (AvgIpc) is 3.26. The molecule has 1 aromatic rings. The molecule has 0 spiro atoms. The van der Waals surface area contributed by atoms with Crippen LogP contribution in [0.2, 0.25) is 0 Å². The van der Waals surface area contributed by atoms with Crippen molar-refractivity contribution in [3.63, 3.8) is 0 Å². The molecule has 0 saturated heterocycles. The second-order valence-electron chi connectivity index (χ2n) is 10.8. The number of carbonyl (C=O) groups excluding carboxylic acids is 1. The Morgan fingerprint density at radius 2 is 2.03 bits per heavy atom. The molecule has 158 valence electrons. The zero-order valence-corrected chi connectivity index (χ0v) is 18.2. The molecule has 7 unspecified atom stereocenters. The molecule has 0 amide bonds. The van der Waals surface area contributed by atoms with Gasteiger partial charge >= 0.3 is 0 Å². The number of rotatable bonds is 2. The fourth-order valence-electron chi connectivity index (χ4n) is 7.84. The van der Waals surface area contributed by atoms with E-state index in [1.807, 2.05) is 16.9 Å². The molecule has 1 heterocycles. The van der Waals surface area contributed by atoms with Crippen LogP contribution in [-0.4, -0.2) is 26.8 Å². The van der Waals surface area contributed by atoms with E-state index in [2.05, 4.69) is 31.9 Å². The van der Waals surface area contributed by atoms with Crippen molar-refractivity contribution in [3.8, 4) is 0 Å². The fraction of sp³-hybridized carbons (Fsp3) is 0.760. The molecule has 1 aromatic heterocycles. The monoisotopic (exact) mass is 396 g/mol. The Kier molecular flexibility index (Phi) is 4.58. The van der Waals surface area contributed by atoms with E-state index in [0.29, 0.717) is 29.0 Å². The van der Waals surface area contributed by atoms with E-state index in [1.54, 1.807) is 0 Å². The van der Waals surface area contributed by atoms with Crippen molar-refractivity contribution >= 4 is 11.9 Å². The van der Waals surface area contributed by atoms with E-state index in [9.17, 15) is 9.90 Å². The number of nitrogens with zero attached hydrogens (tertiary/aromatic N) is 2. The summed E-state index contributed by atoms with van der Waals surface area (Å²) in [5, 5.41) is 14.8. The Labute approximate surface area is 174 Å². The number of aryl methyl sites for hydroxylation is 1. The van der Waals surface area contributed by atoms with Gasteiger partial charge < -0.3 is 5.11 Å². The minimum Gasteiger partial charge on any atom is -0.393 e. The predicted octanol–water partition coefficient (Wildman–Crippen LogP) is 4.87. The highest BCUT2D eigenvalue weighted by atomic mass is 16.3. The first-order chi connectivity index (χ1) is 13.8. The van der Waals surface area contributed by atoms with Crippen LogP contribution in [0.1, 0.15) is 77.8 Å². The third-order valence-corrected chi connectivity index (χ3v) is 9.59. The summed E-state index contributed by atoms with van der Waals surface area (Å²) in [7, 11) is 0. The summed E-state index contributed by atoms with van der Waals surface area (Å²) < 4.78 is 1.93. The van der Waals surface area contributed by atoms with Crippen molar-refractivity contribution in [2.24, 2.45) is 34.5 Å². The lowest BCUT2D eigenvalue weighted by atomic mass is 9.45. The maximum absolute atomic E-state index is 13.5. The van der Waals surface area contributed by atoms with Crippen molar-refractivity contribution in [3.05, 3.63) is 23.5 Å². The van der Waals surface area contributed by atoms with Crippen molar-refractivity contribution in [2.75, 3.05) is 0 Å². The number of aromatic nitrogens is 2. The van der Waals surface area contributed by atoms with E-state index in [4.69, 9.17) is 0 Å². The Bertz CT molecular complexity index is 842. The number of allylic oxidation sites excluding steroid dienone is 1. The van der Waals surface area contributed by atoms with Crippen LogP contribution < -0.4 is 0 Å². The number of aliphatic hydroxyl groups excluding tert-OH is 1. The fourth-order valence-corrected chi connectivity index (χ4v) is 7.84. The van der Waals surface area contributed by atoms with Gasteiger partial charge in [0.25, 0.3) is 0 Å². The van der Waals surface area contributed by atoms with E-state index in [1.165, 1.54) is 19.3 Å². The van der Waals surface area contributed by atoms with Crippen molar-refractivity contribution in [1.82, 2.24) is 9.78 Å². The molecular weight excluding hydrogens is 360 g/mol. The molecule has 4 aliphatic rings. The molecule has 0 aromatic carbocycles. The highest BCUT2D eigenvalue weighted by Crippen LogP contribution is 2.66. The molecule has 4 saturated carbocycles. The molecule has 4 heteroatoms. The first-order valence-electron chi connectivity index (χ1n) is 11.8. The van der Waals surface area contributed by atoms with Gasteiger partial charge in [-0.25, -0.2) is 0 Å². The summed E-state index contributed by atoms with van der Waals surface area (Å²) in [4.78, 5) is 13.5. The van der Waals surface area contributed by atoms with Gasteiger partial charge in [0.1, 0.15) is 0 Å². The minimum absolute atomic E-state index is 0.0935. The molecule has 4 nitrogen and oxygen atoms in total. The van der Waals surface area contributed by atoms with Crippen LogP contribution in [0.15, 0.2) is 17.8 Å². The Balaban J connectivity index is 1.43. The van der Waals surface area contributed by atoms with Gasteiger partial charge in [0.15, 0.2) is 5.78 Å². The molecule has 4 aliphatic carbocycles. The SMILES string of the molecule is CCn1ccc(C=C2CC3C4CCC5CC(O)CCC5(C)C4CCC3(C)C2=O)n1. The summed E-state index contributed by atoms with van der Waals surface area (Å²) in [5.41, 5.74) is 2.10. The molecule has 4 fully saturated rings. The van der Waals surface area contributed by atoms with Crippen LogP contribution in [0.5, 0.6) is 0 Å². The molecule has 7 atom stereocenters. The standard InChI is InChI=1S/C25H36N2O2/c1-4-27-12-9-18(26-27)13-16-14-22-20-6-5-17-15-19(28)7-10-24(17,2)21(20)8-11-25(22,3)23(16)29/h9,12-13,17,19-22,28H,4-8,10-11,14-15H2,1-3H3. The van der Waals surface area contributed by atoms with Crippen LogP contribution in [-0.2, 0) is 11.3 Å². The van der Waals surface area contributed by atoms with Crippen LogP contribution in [0.25, 0.3) is 6.08 Å². The number of hydrogen-bond donors (Lipinski definition) is 1. The third-order valence-electron chi connectivity index (χ3n) is 9.59. The first kappa shape index (κ1) is 19.5. The Morgan fingerprint density at radius 1 is 1.21 bits per heavy atom. The first-order valence-corrected chi connectivity index (χ1v) is 11.8. The van der Waals surface area contributed by atoms with Crippen LogP contribution in [0, 0.1) is 34.5 Å². The summed E-state index contributed by atoms with van der Waals surface area (Å²) in [6.45, 7) is 7.70. The molecule has 0 aliphatic heterocycles. The average molecular weight is 397 g/mol. The van der Waals surface area contributed by atoms with Gasteiger partial charge in [0, 0.05) is 18.2 Å². The molecule has 5 rings (SSSR count). The van der Waals surface area contributed by atoms with E-state index >= 15 is 0 Å². The van der Waals surface area contributed by atoms with E-state index in [0.717, 1.165) is 55.8 Å². The van der Waals surface area contributed by atoms with Crippen molar-refractivity contribution in [2.45, 2.75) is 84.8 Å². The van der Waals surface area contributed by atoms with Gasteiger partial charge in [-0.15, -0.1) is 0 Å². The maximum Gasteiger partial charge on any atom is 0.165 e. The van der Waals surface area contributed by atoms with Gasteiger partial charge in [-0.1, -0.05) is 13.8 Å². The number of carbonyl (C=O) groups is 1. The van der Waals surface area contributed by atoms with Gasteiger partial charge in [0.2, 0.25) is 0 Å². The molecule has 1 N–H and O–H groups in total. The topological polar surface area (TPSA) is 55.1 Å². The van der Waals surface area contributed by atoms with Crippen LogP contribution in [0.4, 0.5) is 0 Å². The number of aliphatic hydroxyl groups is 1. The second kappa shape index (κ2) is 6.80. The molecule has 0 bridgehead atoms. The zero-order chi connectivity index (χ0) is 20.4. The van der Waals surface area contributed by atoms with Gasteiger partial charge in [-0.2, -0.15) is 5.10 Å². The lowest BCUT2D eigenvalue weighted by Crippen LogP contribution is -2.54. The molecular formula is C25H36N2O2. The van der Waals surface area contributed by atoms with Crippen LogP contribution in [0.3, 0.4) is 0 Å². The highest BCUT2D eigenvalue weighted by Gasteiger charge is 2.61.